The number of rotatable bonds is 0. The molecule has 0 aromatic rings. The van der Waals surface area contributed by atoms with Crippen molar-refractivity contribution in [3.8, 4) is 0 Å². The molecule has 0 aliphatic carbocycles. The van der Waals surface area contributed by atoms with Crippen molar-refractivity contribution in [2.75, 3.05) is 6.54 Å². The van der Waals surface area contributed by atoms with Crippen LogP contribution in [0.5, 0.6) is 0 Å². The third-order valence-electron chi connectivity index (χ3n) is 2.14. The number of hydrogen-bond donors (Lipinski definition) is 2. The van der Waals surface area contributed by atoms with Gasteiger partial charge in [-0.15, -0.1) is 0 Å². The number of amides is 3. The van der Waals surface area contributed by atoms with E-state index in [-0.39, 0.29) is 5.91 Å². The minimum atomic E-state index is -0.838. The summed E-state index contributed by atoms with van der Waals surface area (Å²) in [6, 6.07) is -0.423. The van der Waals surface area contributed by atoms with E-state index in [1.165, 1.54) is 6.21 Å². The number of carbonyl (C=O) groups excluding carboxylic acids is 2. The first kappa shape index (κ1) is 7.27. The summed E-state index contributed by atoms with van der Waals surface area (Å²) in [5.41, 5.74) is -0.838. The lowest BCUT2D eigenvalue weighted by atomic mass is 9.93. The van der Waals surface area contributed by atoms with Gasteiger partial charge in [0.15, 0.2) is 5.54 Å². The molecule has 1 spiro atoms. The number of urea groups is 1. The molecule has 0 aromatic carbocycles. The maximum atomic E-state index is 11.3. The standard InChI is InChI=1S/C7H9N3O2/c11-5-7(10-6(12)9-5)2-1-3-8-4-7/h4H,1-3H2,(H2,9,10,11,12). The quantitative estimate of drug-likeness (QED) is 0.474. The Labute approximate surface area is 69.2 Å². The fourth-order valence-corrected chi connectivity index (χ4v) is 1.51. The molecule has 1 saturated heterocycles. The molecule has 5 heteroatoms. The molecule has 2 heterocycles. The topological polar surface area (TPSA) is 70.6 Å². The summed E-state index contributed by atoms with van der Waals surface area (Å²) in [5, 5.41) is 4.77. The van der Waals surface area contributed by atoms with E-state index >= 15 is 0 Å². The van der Waals surface area contributed by atoms with Gasteiger partial charge >= 0.3 is 6.03 Å². The van der Waals surface area contributed by atoms with Crippen molar-refractivity contribution in [3.05, 3.63) is 0 Å². The van der Waals surface area contributed by atoms with Crippen LogP contribution in [0, 0.1) is 0 Å². The molecule has 1 atom stereocenters. The van der Waals surface area contributed by atoms with E-state index in [2.05, 4.69) is 15.6 Å². The normalized spacial score (nSPS) is 33.7. The van der Waals surface area contributed by atoms with Crippen LogP contribution in [-0.4, -0.2) is 30.2 Å². The van der Waals surface area contributed by atoms with E-state index in [0.29, 0.717) is 6.42 Å². The maximum Gasteiger partial charge on any atom is 0.322 e. The van der Waals surface area contributed by atoms with Gasteiger partial charge in [-0.25, -0.2) is 4.79 Å². The molecule has 64 valence electrons. The molecule has 0 aromatic heterocycles. The van der Waals surface area contributed by atoms with Gasteiger partial charge in [0.1, 0.15) is 0 Å². The Balaban J connectivity index is 2.30. The highest BCUT2D eigenvalue weighted by molar-refractivity contribution is 6.16. The van der Waals surface area contributed by atoms with Crippen molar-refractivity contribution in [1.29, 1.82) is 0 Å². The molecule has 2 rings (SSSR count). The van der Waals surface area contributed by atoms with Crippen LogP contribution < -0.4 is 10.6 Å². The van der Waals surface area contributed by atoms with Gasteiger partial charge < -0.3 is 5.32 Å². The first-order valence-electron chi connectivity index (χ1n) is 3.87. The molecule has 3 amide bonds. The van der Waals surface area contributed by atoms with E-state index in [1.54, 1.807) is 0 Å². The maximum absolute atomic E-state index is 11.3. The summed E-state index contributed by atoms with van der Waals surface area (Å²) in [4.78, 5) is 26.1. The van der Waals surface area contributed by atoms with Crippen molar-refractivity contribution in [3.63, 3.8) is 0 Å². The van der Waals surface area contributed by atoms with E-state index in [0.717, 1.165) is 13.0 Å². The lowest BCUT2D eigenvalue weighted by Gasteiger charge is -2.23. The Kier molecular flexibility index (Phi) is 1.39. The van der Waals surface area contributed by atoms with Crippen LogP contribution in [0.2, 0.25) is 0 Å². The van der Waals surface area contributed by atoms with Crippen LogP contribution >= 0.6 is 0 Å². The van der Waals surface area contributed by atoms with E-state index in [9.17, 15) is 9.59 Å². The molecule has 2 aliphatic heterocycles. The average Bonchev–Trinajstić information content (AvgIpc) is 2.29. The smallest absolute Gasteiger partial charge is 0.319 e. The first-order chi connectivity index (χ1) is 5.73. The van der Waals surface area contributed by atoms with Crippen molar-refractivity contribution in [2.24, 2.45) is 4.99 Å². The predicted octanol–water partition coefficient (Wildman–Crippen LogP) is -0.571. The Morgan fingerprint density at radius 2 is 2.33 bits per heavy atom. The zero-order chi connectivity index (χ0) is 8.60. The summed E-state index contributed by atoms with van der Waals surface area (Å²) in [7, 11) is 0. The SMILES string of the molecule is O=C1NC(=O)C2(C=NCCC2)N1. The minimum absolute atomic E-state index is 0.282. The molecule has 5 nitrogen and oxygen atoms in total. The van der Waals surface area contributed by atoms with E-state index < -0.39 is 11.6 Å². The molecule has 2 aliphatic rings. The number of hydrogen-bond acceptors (Lipinski definition) is 3. The molecule has 0 radical (unpaired) electrons. The largest absolute Gasteiger partial charge is 0.322 e. The number of aliphatic imine (C=N–C) groups is 1. The van der Waals surface area contributed by atoms with Gasteiger partial charge in [0.05, 0.1) is 0 Å². The van der Waals surface area contributed by atoms with Crippen LogP contribution in [0.1, 0.15) is 12.8 Å². The Morgan fingerprint density at radius 1 is 1.50 bits per heavy atom. The van der Waals surface area contributed by atoms with Gasteiger partial charge in [0.25, 0.3) is 5.91 Å². The number of carbonyl (C=O) groups is 2. The number of imide groups is 1. The van der Waals surface area contributed by atoms with Crippen molar-refractivity contribution in [1.82, 2.24) is 10.6 Å². The zero-order valence-electron chi connectivity index (χ0n) is 6.46. The Bertz CT molecular complexity index is 274. The predicted molar refractivity (Wildman–Crippen MR) is 42.0 cm³/mol. The highest BCUT2D eigenvalue weighted by Gasteiger charge is 2.45. The van der Waals surface area contributed by atoms with Gasteiger partial charge in [-0.3, -0.25) is 15.1 Å². The lowest BCUT2D eigenvalue weighted by molar-refractivity contribution is -0.121. The average molecular weight is 167 g/mol. The summed E-state index contributed by atoms with van der Waals surface area (Å²) in [6.07, 6.45) is 3.02. The second-order valence-electron chi connectivity index (χ2n) is 3.02. The highest BCUT2D eigenvalue weighted by Crippen LogP contribution is 2.18. The monoisotopic (exact) mass is 167 g/mol. The second-order valence-corrected chi connectivity index (χ2v) is 3.02. The third kappa shape index (κ3) is 0.895. The summed E-state index contributed by atoms with van der Waals surface area (Å²) in [5.74, 6) is -0.282. The molecular weight excluding hydrogens is 158 g/mol. The Hall–Kier alpha value is -1.39. The molecule has 1 unspecified atom stereocenters. The van der Waals surface area contributed by atoms with E-state index in [4.69, 9.17) is 0 Å². The van der Waals surface area contributed by atoms with Gasteiger partial charge in [-0.1, -0.05) is 0 Å². The first-order valence-corrected chi connectivity index (χ1v) is 3.87. The molecule has 0 saturated carbocycles. The second kappa shape index (κ2) is 2.30. The molecule has 1 fully saturated rings. The van der Waals surface area contributed by atoms with Gasteiger partial charge in [0, 0.05) is 12.8 Å². The highest BCUT2D eigenvalue weighted by atomic mass is 16.2. The van der Waals surface area contributed by atoms with Crippen LogP contribution in [0.15, 0.2) is 4.99 Å². The number of nitrogens with zero attached hydrogens (tertiary/aromatic N) is 1. The van der Waals surface area contributed by atoms with Crippen LogP contribution in [0.4, 0.5) is 4.79 Å². The fourth-order valence-electron chi connectivity index (χ4n) is 1.51. The molecule has 0 bridgehead atoms. The minimum Gasteiger partial charge on any atom is -0.319 e. The molecule has 2 N–H and O–H groups in total. The lowest BCUT2D eigenvalue weighted by Crippen LogP contribution is -2.49. The van der Waals surface area contributed by atoms with Crippen molar-refractivity contribution in [2.45, 2.75) is 18.4 Å². The molecule has 12 heavy (non-hydrogen) atoms. The number of nitrogens with one attached hydrogen (secondary N) is 2. The van der Waals surface area contributed by atoms with E-state index in [1.807, 2.05) is 0 Å². The third-order valence-corrected chi connectivity index (χ3v) is 2.14. The van der Waals surface area contributed by atoms with Crippen LogP contribution in [0.3, 0.4) is 0 Å². The Morgan fingerprint density at radius 3 is 2.83 bits per heavy atom. The van der Waals surface area contributed by atoms with Gasteiger partial charge in [-0.05, 0) is 12.8 Å². The van der Waals surface area contributed by atoms with Crippen LogP contribution in [-0.2, 0) is 4.79 Å². The summed E-state index contributed by atoms with van der Waals surface area (Å²) in [6.45, 7) is 0.741. The van der Waals surface area contributed by atoms with Crippen molar-refractivity contribution >= 4 is 18.2 Å². The van der Waals surface area contributed by atoms with Crippen LogP contribution in [0.25, 0.3) is 0 Å². The van der Waals surface area contributed by atoms with Crippen molar-refractivity contribution < 1.29 is 9.59 Å². The summed E-state index contributed by atoms with van der Waals surface area (Å²) >= 11 is 0. The van der Waals surface area contributed by atoms with Gasteiger partial charge in [0.2, 0.25) is 0 Å². The molecular formula is C7H9N3O2. The summed E-state index contributed by atoms with van der Waals surface area (Å²) < 4.78 is 0. The zero-order valence-corrected chi connectivity index (χ0v) is 6.46. The fraction of sp³-hybridized carbons (Fsp3) is 0.571. The van der Waals surface area contributed by atoms with Gasteiger partial charge in [-0.2, -0.15) is 0 Å².